The van der Waals surface area contributed by atoms with Crippen molar-refractivity contribution in [3.8, 4) is 44.8 Å². The molecule has 266 valence electrons. The lowest BCUT2D eigenvalue weighted by atomic mass is 9.98. The number of nitrogens with zero attached hydrogens (tertiary/aromatic N) is 2. The fourth-order valence-corrected chi connectivity index (χ4v) is 10.3. The van der Waals surface area contributed by atoms with Gasteiger partial charge in [0.1, 0.15) is 0 Å². The summed E-state index contributed by atoms with van der Waals surface area (Å²) in [6.07, 6.45) is 0. The maximum Gasteiger partial charge on any atom is 0.0547 e. The third kappa shape index (κ3) is 5.03. The average molecular weight is 743 g/mol. The van der Waals surface area contributed by atoms with E-state index in [0.717, 1.165) is 5.69 Å². The average Bonchev–Trinajstić information content (AvgIpc) is 3.94. The van der Waals surface area contributed by atoms with Gasteiger partial charge in [-0.2, -0.15) is 0 Å². The molecule has 0 bridgehead atoms. The Hall–Kier alpha value is -7.20. The van der Waals surface area contributed by atoms with E-state index in [2.05, 4.69) is 215 Å². The molecule has 0 saturated carbocycles. The van der Waals surface area contributed by atoms with Crippen LogP contribution in [0, 0.1) is 0 Å². The molecule has 0 fully saturated rings. The summed E-state index contributed by atoms with van der Waals surface area (Å²) in [5.74, 6) is 0. The Bertz CT molecular complexity index is 3530. The molecule has 2 nitrogen and oxygen atoms in total. The van der Waals surface area contributed by atoms with Crippen LogP contribution < -0.4 is 0 Å². The van der Waals surface area contributed by atoms with Gasteiger partial charge in [0, 0.05) is 53.1 Å². The van der Waals surface area contributed by atoms with Crippen LogP contribution in [0.2, 0.25) is 0 Å². The van der Waals surface area contributed by atoms with Gasteiger partial charge < -0.3 is 9.13 Å². The highest BCUT2D eigenvalue weighted by atomic mass is 32.1. The molecule has 9 aromatic carbocycles. The summed E-state index contributed by atoms with van der Waals surface area (Å²) in [7, 11) is 0. The van der Waals surface area contributed by atoms with Crippen molar-refractivity contribution in [1.82, 2.24) is 9.13 Å². The quantitative estimate of drug-likeness (QED) is 0.166. The van der Waals surface area contributed by atoms with Crippen molar-refractivity contribution in [1.29, 1.82) is 0 Å². The van der Waals surface area contributed by atoms with Gasteiger partial charge in [0.2, 0.25) is 0 Å². The molecule has 0 aliphatic rings. The Morgan fingerprint density at radius 2 is 0.825 bits per heavy atom. The monoisotopic (exact) mass is 742 g/mol. The highest BCUT2D eigenvalue weighted by Crippen LogP contribution is 2.42. The Morgan fingerprint density at radius 1 is 0.281 bits per heavy atom. The first-order valence-electron chi connectivity index (χ1n) is 19.5. The predicted octanol–water partition coefficient (Wildman–Crippen LogP) is 15.2. The van der Waals surface area contributed by atoms with Crippen molar-refractivity contribution in [2.45, 2.75) is 0 Å². The summed E-state index contributed by atoms with van der Waals surface area (Å²) in [5.41, 5.74) is 14.4. The van der Waals surface area contributed by atoms with Crippen LogP contribution in [0.4, 0.5) is 0 Å². The first-order valence-corrected chi connectivity index (χ1v) is 20.3. The van der Waals surface area contributed by atoms with Crippen molar-refractivity contribution in [3.05, 3.63) is 206 Å². The molecule has 0 atom stereocenters. The number of rotatable bonds is 5. The number of hydrogen-bond donors (Lipinski definition) is 0. The van der Waals surface area contributed by atoms with Crippen LogP contribution >= 0.6 is 11.3 Å². The van der Waals surface area contributed by atoms with Crippen LogP contribution in [0.3, 0.4) is 0 Å². The fraction of sp³-hybridized carbons (Fsp3) is 0. The van der Waals surface area contributed by atoms with Gasteiger partial charge in [-0.3, -0.25) is 0 Å². The van der Waals surface area contributed by atoms with Crippen molar-refractivity contribution in [2.75, 3.05) is 0 Å². The van der Waals surface area contributed by atoms with E-state index in [1.807, 2.05) is 11.3 Å². The molecule has 0 aliphatic carbocycles. The van der Waals surface area contributed by atoms with Crippen LogP contribution in [0.5, 0.6) is 0 Å². The lowest BCUT2D eigenvalue weighted by Gasteiger charge is -2.12. The van der Waals surface area contributed by atoms with E-state index in [-0.39, 0.29) is 0 Å². The summed E-state index contributed by atoms with van der Waals surface area (Å²) in [4.78, 5) is 0. The Labute approximate surface area is 333 Å². The van der Waals surface area contributed by atoms with Crippen molar-refractivity contribution in [2.24, 2.45) is 0 Å². The zero-order chi connectivity index (χ0) is 37.5. The third-order valence-electron chi connectivity index (χ3n) is 11.7. The molecule has 0 aliphatic heterocycles. The summed E-state index contributed by atoms with van der Waals surface area (Å²) < 4.78 is 7.50. The van der Waals surface area contributed by atoms with Gasteiger partial charge in [0.25, 0.3) is 0 Å². The fourth-order valence-electron chi connectivity index (χ4n) is 9.14. The maximum atomic E-state index is 2.44. The lowest BCUT2D eigenvalue weighted by molar-refractivity contribution is 1.18. The molecular weight excluding hydrogens is 709 g/mol. The van der Waals surface area contributed by atoms with Crippen molar-refractivity contribution >= 4 is 75.1 Å². The van der Waals surface area contributed by atoms with Crippen LogP contribution in [-0.4, -0.2) is 9.13 Å². The third-order valence-corrected chi connectivity index (χ3v) is 12.8. The molecule has 3 heteroatoms. The number of fused-ring (bicyclic) bond motifs is 9. The standard InChI is InChI=1S/C54H34N2S/c1-2-16-40(17-3-1)55-48-23-7-4-19-43(48)44-29-28-39(33-51(44)55)42-22-12-25-50-54(42)47-21-5-8-24-49(47)56(50)41-18-11-15-37(32-41)35-13-10-14-36(31-35)38-27-30-46-45-20-6-9-26-52(45)57-53(46)34-38/h1-34H. The van der Waals surface area contributed by atoms with Crippen LogP contribution in [0.25, 0.3) is 109 Å². The molecule has 0 unspecified atom stereocenters. The van der Waals surface area contributed by atoms with Gasteiger partial charge in [-0.25, -0.2) is 0 Å². The largest absolute Gasteiger partial charge is 0.309 e. The number of aromatic nitrogens is 2. The normalized spacial score (nSPS) is 11.9. The van der Waals surface area contributed by atoms with Crippen LogP contribution in [-0.2, 0) is 0 Å². The van der Waals surface area contributed by atoms with E-state index in [1.54, 1.807) is 0 Å². The molecular formula is C54H34N2S. The Kier molecular flexibility index (Phi) is 7.13. The molecule has 0 N–H and O–H groups in total. The molecule has 0 spiro atoms. The molecule has 12 rings (SSSR count). The second-order valence-electron chi connectivity index (χ2n) is 14.9. The predicted molar refractivity (Wildman–Crippen MR) is 244 cm³/mol. The van der Waals surface area contributed by atoms with Gasteiger partial charge in [0.15, 0.2) is 0 Å². The smallest absolute Gasteiger partial charge is 0.0547 e. The zero-order valence-electron chi connectivity index (χ0n) is 30.9. The second-order valence-corrected chi connectivity index (χ2v) is 16.0. The van der Waals surface area contributed by atoms with E-state index in [4.69, 9.17) is 0 Å². The first kappa shape index (κ1) is 32.1. The SMILES string of the molecule is c1ccc(-n2c3ccccc3c3ccc(-c4cccc5c4c4ccccc4n5-c4cccc(-c5cccc(-c6ccc7c(c6)sc6ccccc67)c5)c4)cc32)cc1. The number of thiophene rings is 1. The summed E-state index contributed by atoms with van der Waals surface area (Å²) in [6.45, 7) is 0. The van der Waals surface area contributed by atoms with Gasteiger partial charge in [-0.1, -0.05) is 140 Å². The first-order chi connectivity index (χ1) is 28.3. The minimum absolute atomic E-state index is 1.15. The van der Waals surface area contributed by atoms with Gasteiger partial charge in [-0.05, 0) is 100 Å². The number of benzene rings is 9. The van der Waals surface area contributed by atoms with E-state index in [1.165, 1.54) is 103 Å². The van der Waals surface area contributed by atoms with E-state index in [9.17, 15) is 0 Å². The number of para-hydroxylation sites is 3. The van der Waals surface area contributed by atoms with E-state index >= 15 is 0 Å². The molecule has 0 radical (unpaired) electrons. The van der Waals surface area contributed by atoms with Crippen LogP contribution in [0.1, 0.15) is 0 Å². The highest BCUT2D eigenvalue weighted by Gasteiger charge is 2.19. The Morgan fingerprint density at radius 3 is 1.67 bits per heavy atom. The molecule has 57 heavy (non-hydrogen) atoms. The van der Waals surface area contributed by atoms with E-state index in [0.29, 0.717) is 0 Å². The second kappa shape index (κ2) is 12.7. The number of hydrogen-bond acceptors (Lipinski definition) is 1. The van der Waals surface area contributed by atoms with Crippen molar-refractivity contribution in [3.63, 3.8) is 0 Å². The minimum Gasteiger partial charge on any atom is -0.309 e. The van der Waals surface area contributed by atoms with Gasteiger partial charge >= 0.3 is 0 Å². The Balaban J connectivity index is 0.994. The maximum absolute atomic E-state index is 2.44. The minimum atomic E-state index is 1.15. The lowest BCUT2D eigenvalue weighted by Crippen LogP contribution is -1.94. The summed E-state index contributed by atoms with van der Waals surface area (Å²) in [5, 5.41) is 7.69. The molecule has 3 aromatic heterocycles. The van der Waals surface area contributed by atoms with Crippen molar-refractivity contribution < 1.29 is 0 Å². The van der Waals surface area contributed by atoms with Crippen LogP contribution in [0.15, 0.2) is 206 Å². The van der Waals surface area contributed by atoms with E-state index < -0.39 is 0 Å². The molecule has 3 heterocycles. The van der Waals surface area contributed by atoms with Gasteiger partial charge in [-0.15, -0.1) is 11.3 Å². The summed E-state index contributed by atoms with van der Waals surface area (Å²) >= 11 is 1.87. The zero-order valence-corrected chi connectivity index (χ0v) is 31.7. The highest BCUT2D eigenvalue weighted by molar-refractivity contribution is 7.25. The molecule has 0 amide bonds. The topological polar surface area (TPSA) is 9.86 Å². The summed E-state index contributed by atoms with van der Waals surface area (Å²) in [6, 6.07) is 75.7. The molecule has 12 aromatic rings. The van der Waals surface area contributed by atoms with Gasteiger partial charge in [0.05, 0.1) is 22.1 Å². The molecule has 0 saturated heterocycles.